The standard InChI is InChI=1S/C11H15NO2S2/c1-4-14-10(13)11(15-3)6-8(2)5-9(7-12)16-11/h5,9H,4,6H2,1-3H3. The number of esters is 1. The van der Waals surface area contributed by atoms with Crippen molar-refractivity contribution < 1.29 is 9.53 Å². The number of nitrogens with zero attached hydrogens (tertiary/aromatic N) is 1. The highest BCUT2D eigenvalue weighted by Crippen LogP contribution is 2.47. The number of carbonyl (C=O) groups is 1. The molecule has 2 unspecified atom stereocenters. The minimum absolute atomic E-state index is 0.222. The third-order valence-corrected chi connectivity index (χ3v) is 5.25. The number of rotatable bonds is 3. The van der Waals surface area contributed by atoms with Crippen molar-refractivity contribution in [3.8, 4) is 6.07 Å². The van der Waals surface area contributed by atoms with Crippen LogP contribution in [0.2, 0.25) is 0 Å². The van der Waals surface area contributed by atoms with Crippen molar-refractivity contribution in [2.45, 2.75) is 29.6 Å². The van der Waals surface area contributed by atoms with Gasteiger partial charge in [0.15, 0.2) is 4.08 Å². The molecule has 16 heavy (non-hydrogen) atoms. The molecule has 0 aromatic heterocycles. The van der Waals surface area contributed by atoms with E-state index in [4.69, 9.17) is 10.00 Å². The van der Waals surface area contributed by atoms with Crippen LogP contribution in [0.1, 0.15) is 20.3 Å². The summed E-state index contributed by atoms with van der Waals surface area (Å²) in [7, 11) is 0. The SMILES string of the molecule is CCOC(=O)C1(SC)CC(C)=CC(C#N)S1. The van der Waals surface area contributed by atoms with Crippen LogP contribution in [0.4, 0.5) is 0 Å². The van der Waals surface area contributed by atoms with E-state index in [1.807, 2.05) is 19.3 Å². The number of thioether (sulfide) groups is 2. The first kappa shape index (κ1) is 13.5. The lowest BCUT2D eigenvalue weighted by Crippen LogP contribution is -2.37. The molecule has 1 rings (SSSR count). The van der Waals surface area contributed by atoms with Gasteiger partial charge in [-0.2, -0.15) is 5.26 Å². The Labute approximate surface area is 105 Å². The zero-order chi connectivity index (χ0) is 12.2. The van der Waals surface area contributed by atoms with Gasteiger partial charge < -0.3 is 4.74 Å². The highest BCUT2D eigenvalue weighted by atomic mass is 32.2. The van der Waals surface area contributed by atoms with Crippen LogP contribution in [-0.4, -0.2) is 28.2 Å². The summed E-state index contributed by atoms with van der Waals surface area (Å²) in [5.74, 6) is -0.222. The Kier molecular flexibility index (Phi) is 4.75. The minimum Gasteiger partial charge on any atom is -0.464 e. The van der Waals surface area contributed by atoms with Gasteiger partial charge >= 0.3 is 5.97 Å². The summed E-state index contributed by atoms with van der Waals surface area (Å²) in [5.41, 5.74) is 1.08. The summed E-state index contributed by atoms with van der Waals surface area (Å²) in [6.07, 6.45) is 4.45. The van der Waals surface area contributed by atoms with E-state index in [1.54, 1.807) is 6.92 Å². The van der Waals surface area contributed by atoms with Gasteiger partial charge in [-0.05, 0) is 20.1 Å². The van der Waals surface area contributed by atoms with E-state index in [1.165, 1.54) is 23.5 Å². The van der Waals surface area contributed by atoms with Gasteiger partial charge in [-0.25, -0.2) is 4.79 Å². The summed E-state index contributed by atoms with van der Waals surface area (Å²) >= 11 is 2.84. The summed E-state index contributed by atoms with van der Waals surface area (Å²) in [6.45, 7) is 4.12. The highest BCUT2D eigenvalue weighted by molar-refractivity contribution is 8.19. The van der Waals surface area contributed by atoms with Crippen molar-refractivity contribution in [1.29, 1.82) is 5.26 Å². The van der Waals surface area contributed by atoms with Crippen LogP contribution in [0.15, 0.2) is 11.6 Å². The predicted molar refractivity (Wildman–Crippen MR) is 68.2 cm³/mol. The van der Waals surface area contributed by atoms with E-state index in [-0.39, 0.29) is 11.2 Å². The van der Waals surface area contributed by atoms with E-state index in [0.717, 1.165) is 5.57 Å². The number of carbonyl (C=O) groups excluding carboxylic acids is 1. The lowest BCUT2D eigenvalue weighted by Gasteiger charge is -2.33. The van der Waals surface area contributed by atoms with Crippen molar-refractivity contribution in [2.24, 2.45) is 0 Å². The second kappa shape index (κ2) is 5.65. The fourth-order valence-corrected chi connectivity index (χ4v) is 4.12. The van der Waals surface area contributed by atoms with Gasteiger partial charge in [0.05, 0.1) is 12.7 Å². The Morgan fingerprint density at radius 2 is 2.56 bits per heavy atom. The average molecular weight is 257 g/mol. The molecule has 0 bridgehead atoms. The number of allylic oxidation sites excluding steroid dienone is 1. The second-order valence-corrected chi connectivity index (χ2v) is 6.34. The van der Waals surface area contributed by atoms with Gasteiger partial charge in [-0.15, -0.1) is 23.5 Å². The molecule has 0 saturated carbocycles. The van der Waals surface area contributed by atoms with E-state index >= 15 is 0 Å². The maximum absolute atomic E-state index is 12.0. The first-order valence-electron chi connectivity index (χ1n) is 5.05. The molecule has 0 spiro atoms. The normalized spacial score (nSPS) is 29.1. The van der Waals surface area contributed by atoms with E-state index in [0.29, 0.717) is 13.0 Å². The molecule has 5 heteroatoms. The molecule has 2 atom stereocenters. The fraction of sp³-hybridized carbons (Fsp3) is 0.636. The number of hydrogen-bond acceptors (Lipinski definition) is 5. The van der Waals surface area contributed by atoms with Crippen LogP contribution in [0, 0.1) is 11.3 Å². The molecular weight excluding hydrogens is 242 g/mol. The van der Waals surface area contributed by atoms with Crippen molar-refractivity contribution in [1.82, 2.24) is 0 Å². The summed E-state index contributed by atoms with van der Waals surface area (Å²) in [5, 5.41) is 8.71. The molecule has 1 aliphatic heterocycles. The van der Waals surface area contributed by atoms with Crippen LogP contribution >= 0.6 is 23.5 Å². The van der Waals surface area contributed by atoms with Crippen molar-refractivity contribution >= 4 is 29.5 Å². The van der Waals surface area contributed by atoms with Crippen LogP contribution in [0.25, 0.3) is 0 Å². The molecule has 3 nitrogen and oxygen atoms in total. The van der Waals surface area contributed by atoms with Gasteiger partial charge in [0.2, 0.25) is 0 Å². The second-order valence-electron chi connectivity index (χ2n) is 3.53. The van der Waals surface area contributed by atoms with Gasteiger partial charge in [0.1, 0.15) is 5.25 Å². The Morgan fingerprint density at radius 1 is 1.88 bits per heavy atom. The van der Waals surface area contributed by atoms with Crippen LogP contribution in [0.5, 0.6) is 0 Å². The lowest BCUT2D eigenvalue weighted by atomic mass is 10.1. The summed E-state index contributed by atoms with van der Waals surface area (Å²) < 4.78 is 4.46. The Hall–Kier alpha value is -0.600. The molecule has 0 fully saturated rings. The first-order chi connectivity index (χ1) is 7.57. The minimum atomic E-state index is -0.644. The predicted octanol–water partition coefficient (Wildman–Crippen LogP) is 2.58. The molecule has 1 heterocycles. The Morgan fingerprint density at radius 3 is 3.06 bits per heavy atom. The molecule has 0 aliphatic carbocycles. The maximum atomic E-state index is 12.0. The van der Waals surface area contributed by atoms with Crippen LogP contribution in [-0.2, 0) is 9.53 Å². The lowest BCUT2D eigenvalue weighted by molar-refractivity contribution is -0.143. The zero-order valence-electron chi connectivity index (χ0n) is 9.65. The van der Waals surface area contributed by atoms with E-state index in [9.17, 15) is 4.79 Å². The zero-order valence-corrected chi connectivity index (χ0v) is 11.3. The molecule has 0 N–H and O–H groups in total. The van der Waals surface area contributed by atoms with Crippen molar-refractivity contribution in [2.75, 3.05) is 12.9 Å². The third-order valence-electron chi connectivity index (χ3n) is 2.31. The number of ether oxygens (including phenoxy) is 1. The number of hydrogen-bond donors (Lipinski definition) is 0. The van der Waals surface area contributed by atoms with E-state index < -0.39 is 4.08 Å². The first-order valence-corrected chi connectivity index (χ1v) is 7.15. The molecule has 0 aromatic rings. The van der Waals surface area contributed by atoms with Gasteiger partial charge in [-0.3, -0.25) is 0 Å². The van der Waals surface area contributed by atoms with Gasteiger partial charge in [0, 0.05) is 6.42 Å². The maximum Gasteiger partial charge on any atom is 0.332 e. The summed E-state index contributed by atoms with van der Waals surface area (Å²) in [4.78, 5) is 12.0. The van der Waals surface area contributed by atoms with Crippen LogP contribution < -0.4 is 0 Å². The molecule has 1 aliphatic rings. The largest absolute Gasteiger partial charge is 0.464 e. The monoisotopic (exact) mass is 257 g/mol. The van der Waals surface area contributed by atoms with E-state index in [2.05, 4.69) is 6.07 Å². The Balaban J connectivity index is 2.94. The molecule has 0 radical (unpaired) electrons. The topological polar surface area (TPSA) is 50.1 Å². The molecule has 0 aromatic carbocycles. The Bertz CT molecular complexity index is 348. The molecular formula is C11H15NO2S2. The van der Waals surface area contributed by atoms with Crippen LogP contribution in [0.3, 0.4) is 0 Å². The molecule has 0 saturated heterocycles. The summed E-state index contributed by atoms with van der Waals surface area (Å²) in [6, 6.07) is 2.19. The van der Waals surface area contributed by atoms with Gasteiger partial charge in [0.25, 0.3) is 0 Å². The number of nitriles is 1. The van der Waals surface area contributed by atoms with Crippen molar-refractivity contribution in [3.05, 3.63) is 11.6 Å². The molecule has 88 valence electrons. The van der Waals surface area contributed by atoms with Crippen molar-refractivity contribution in [3.63, 3.8) is 0 Å². The smallest absolute Gasteiger partial charge is 0.332 e. The average Bonchev–Trinajstić information content (AvgIpc) is 2.28. The third kappa shape index (κ3) is 2.74. The molecule has 0 amide bonds. The highest BCUT2D eigenvalue weighted by Gasteiger charge is 2.44. The van der Waals surface area contributed by atoms with Gasteiger partial charge in [-0.1, -0.05) is 11.6 Å². The fourth-order valence-electron chi connectivity index (χ4n) is 1.59. The quantitative estimate of drug-likeness (QED) is 0.574.